The minimum absolute atomic E-state index is 0.225. The van der Waals surface area contributed by atoms with Crippen molar-refractivity contribution in [1.29, 1.82) is 0 Å². The van der Waals surface area contributed by atoms with Crippen LogP contribution < -0.4 is 5.32 Å². The Balaban J connectivity index is 2.30. The lowest BCUT2D eigenvalue weighted by Crippen LogP contribution is -2.23. The molecule has 0 saturated heterocycles. The van der Waals surface area contributed by atoms with Gasteiger partial charge in [0.1, 0.15) is 11.6 Å². The Hall–Kier alpha value is -0.610. The van der Waals surface area contributed by atoms with E-state index in [1.165, 1.54) is 43.2 Å². The number of nitrogens with one attached hydrogen (secondary N) is 1. The van der Waals surface area contributed by atoms with Crippen molar-refractivity contribution in [1.82, 2.24) is 5.32 Å². The van der Waals surface area contributed by atoms with E-state index in [9.17, 15) is 8.78 Å². The van der Waals surface area contributed by atoms with Crippen LogP contribution in [0, 0.1) is 11.6 Å². The molecule has 1 N–H and O–H groups in total. The fourth-order valence-electron chi connectivity index (χ4n) is 1.63. The second kappa shape index (κ2) is 8.48. The van der Waals surface area contributed by atoms with Crippen LogP contribution in [0.4, 0.5) is 8.78 Å². The minimum atomic E-state index is -0.387. The van der Waals surface area contributed by atoms with E-state index in [1.807, 2.05) is 6.92 Å². The average molecular weight is 273 g/mol. The van der Waals surface area contributed by atoms with Crippen LogP contribution in [0.3, 0.4) is 0 Å². The number of benzene rings is 1. The van der Waals surface area contributed by atoms with Gasteiger partial charge in [-0.25, -0.2) is 8.78 Å². The summed E-state index contributed by atoms with van der Waals surface area (Å²) in [6, 6.07) is 3.58. The van der Waals surface area contributed by atoms with E-state index in [1.54, 1.807) is 0 Å². The maximum Gasteiger partial charge on any atom is 0.136 e. The van der Waals surface area contributed by atoms with Crippen LogP contribution in [0.5, 0.6) is 0 Å². The molecule has 18 heavy (non-hydrogen) atoms. The van der Waals surface area contributed by atoms with Crippen LogP contribution in [0.1, 0.15) is 33.1 Å². The van der Waals surface area contributed by atoms with Crippen LogP contribution in [0.15, 0.2) is 23.1 Å². The lowest BCUT2D eigenvalue weighted by atomic mass is 10.2. The molecule has 0 bridgehead atoms. The molecule has 0 aliphatic carbocycles. The number of unbranched alkanes of at least 4 members (excludes halogenated alkanes) is 2. The summed E-state index contributed by atoms with van der Waals surface area (Å²) in [4.78, 5) is 0.387. The normalized spacial score (nSPS) is 12.7. The first-order valence-electron chi connectivity index (χ1n) is 6.46. The highest BCUT2D eigenvalue weighted by molar-refractivity contribution is 8.00. The van der Waals surface area contributed by atoms with Gasteiger partial charge in [0.15, 0.2) is 0 Å². The highest BCUT2D eigenvalue weighted by Gasteiger charge is 2.09. The molecule has 1 nitrogen and oxygen atoms in total. The zero-order valence-electron chi connectivity index (χ0n) is 11.0. The van der Waals surface area contributed by atoms with Gasteiger partial charge in [-0.05, 0) is 31.2 Å². The first kappa shape index (κ1) is 15.4. The van der Waals surface area contributed by atoms with Crippen molar-refractivity contribution in [3.8, 4) is 0 Å². The Morgan fingerprint density at radius 3 is 2.78 bits per heavy atom. The van der Waals surface area contributed by atoms with Crippen molar-refractivity contribution in [2.45, 2.75) is 43.3 Å². The third-order valence-corrected chi connectivity index (χ3v) is 3.75. The monoisotopic (exact) mass is 273 g/mol. The molecular weight excluding hydrogens is 252 g/mol. The van der Waals surface area contributed by atoms with E-state index in [0.29, 0.717) is 4.90 Å². The molecule has 1 unspecified atom stereocenters. The van der Waals surface area contributed by atoms with Crippen molar-refractivity contribution in [3.05, 3.63) is 29.8 Å². The molecule has 1 aromatic rings. The minimum Gasteiger partial charge on any atom is -0.316 e. The van der Waals surface area contributed by atoms with Gasteiger partial charge in [-0.15, -0.1) is 11.8 Å². The average Bonchev–Trinajstić information content (AvgIpc) is 2.33. The molecular formula is C14H21F2NS. The van der Waals surface area contributed by atoms with E-state index in [-0.39, 0.29) is 16.9 Å². The lowest BCUT2D eigenvalue weighted by molar-refractivity contribution is 0.576. The van der Waals surface area contributed by atoms with Crippen molar-refractivity contribution in [2.24, 2.45) is 0 Å². The molecule has 0 amide bonds. The van der Waals surface area contributed by atoms with Gasteiger partial charge in [0.05, 0.1) is 0 Å². The zero-order chi connectivity index (χ0) is 13.4. The van der Waals surface area contributed by atoms with Gasteiger partial charge in [0.2, 0.25) is 0 Å². The van der Waals surface area contributed by atoms with Crippen molar-refractivity contribution in [2.75, 3.05) is 13.1 Å². The Bertz CT molecular complexity index is 358. The Morgan fingerprint density at radius 2 is 2.06 bits per heavy atom. The van der Waals surface area contributed by atoms with Gasteiger partial charge in [-0.2, -0.15) is 0 Å². The quantitative estimate of drug-likeness (QED) is 0.562. The summed E-state index contributed by atoms with van der Waals surface area (Å²) in [6.45, 7) is 5.99. The number of halogens is 2. The summed E-state index contributed by atoms with van der Waals surface area (Å²) in [5.41, 5.74) is 0. The SMILES string of the molecule is CCCCCNCC(C)Sc1cc(F)ccc1F. The third-order valence-electron chi connectivity index (χ3n) is 2.61. The Morgan fingerprint density at radius 1 is 1.28 bits per heavy atom. The van der Waals surface area contributed by atoms with E-state index in [4.69, 9.17) is 0 Å². The smallest absolute Gasteiger partial charge is 0.136 e. The standard InChI is InChI=1S/C14H21F2NS/c1-3-4-5-8-17-10-11(2)18-14-9-12(15)6-7-13(14)16/h6-7,9,11,17H,3-5,8,10H2,1-2H3. The molecule has 0 saturated carbocycles. The predicted octanol–water partition coefficient (Wildman–Crippen LogP) is 4.23. The molecule has 0 aliphatic heterocycles. The number of thioether (sulfide) groups is 1. The van der Waals surface area contributed by atoms with Crippen LogP contribution in [0.2, 0.25) is 0 Å². The van der Waals surface area contributed by atoms with E-state index in [2.05, 4.69) is 12.2 Å². The molecule has 0 aliphatic rings. The van der Waals surface area contributed by atoms with Gasteiger partial charge < -0.3 is 5.32 Å². The number of hydrogen-bond acceptors (Lipinski definition) is 2. The highest BCUT2D eigenvalue weighted by atomic mass is 32.2. The van der Waals surface area contributed by atoms with Crippen LogP contribution in [-0.2, 0) is 0 Å². The third kappa shape index (κ3) is 5.83. The number of hydrogen-bond donors (Lipinski definition) is 1. The van der Waals surface area contributed by atoms with Gasteiger partial charge in [0, 0.05) is 16.7 Å². The Labute approximate surface area is 112 Å². The van der Waals surface area contributed by atoms with Crippen LogP contribution >= 0.6 is 11.8 Å². The summed E-state index contributed by atoms with van der Waals surface area (Å²) in [5, 5.41) is 3.56. The molecule has 102 valence electrons. The fraction of sp³-hybridized carbons (Fsp3) is 0.571. The van der Waals surface area contributed by atoms with Gasteiger partial charge in [-0.1, -0.05) is 26.7 Å². The molecule has 0 heterocycles. The van der Waals surface area contributed by atoms with Gasteiger partial charge in [0.25, 0.3) is 0 Å². The molecule has 0 aromatic heterocycles. The largest absolute Gasteiger partial charge is 0.316 e. The lowest BCUT2D eigenvalue weighted by Gasteiger charge is -2.12. The highest BCUT2D eigenvalue weighted by Crippen LogP contribution is 2.26. The van der Waals surface area contributed by atoms with Crippen LogP contribution in [0.25, 0.3) is 0 Å². The zero-order valence-corrected chi connectivity index (χ0v) is 11.8. The first-order chi connectivity index (χ1) is 8.63. The maximum absolute atomic E-state index is 13.4. The van der Waals surface area contributed by atoms with Crippen molar-refractivity contribution < 1.29 is 8.78 Å². The molecule has 1 aromatic carbocycles. The van der Waals surface area contributed by atoms with Gasteiger partial charge >= 0.3 is 0 Å². The first-order valence-corrected chi connectivity index (χ1v) is 7.34. The molecule has 0 radical (unpaired) electrons. The predicted molar refractivity (Wildman–Crippen MR) is 74.1 cm³/mol. The second-order valence-corrected chi connectivity index (χ2v) is 5.89. The summed E-state index contributed by atoms with van der Waals surface area (Å²) in [7, 11) is 0. The summed E-state index contributed by atoms with van der Waals surface area (Å²) in [5.74, 6) is -0.735. The molecule has 4 heteroatoms. The Kier molecular flexibility index (Phi) is 7.28. The van der Waals surface area contributed by atoms with Crippen molar-refractivity contribution in [3.63, 3.8) is 0 Å². The van der Waals surface area contributed by atoms with Crippen LogP contribution in [-0.4, -0.2) is 18.3 Å². The summed E-state index contributed by atoms with van der Waals surface area (Å²) in [6.07, 6.45) is 3.61. The van der Waals surface area contributed by atoms with E-state index >= 15 is 0 Å². The topological polar surface area (TPSA) is 12.0 Å². The maximum atomic E-state index is 13.4. The van der Waals surface area contributed by atoms with Crippen molar-refractivity contribution >= 4 is 11.8 Å². The number of rotatable bonds is 8. The molecule has 1 atom stereocenters. The summed E-state index contributed by atoms with van der Waals surface area (Å²) < 4.78 is 26.4. The summed E-state index contributed by atoms with van der Waals surface area (Å²) >= 11 is 1.37. The molecule has 0 spiro atoms. The van der Waals surface area contributed by atoms with Gasteiger partial charge in [-0.3, -0.25) is 0 Å². The van der Waals surface area contributed by atoms with E-state index in [0.717, 1.165) is 19.2 Å². The second-order valence-electron chi connectivity index (χ2n) is 4.41. The fourth-order valence-corrected chi connectivity index (χ4v) is 2.63. The molecule has 0 fully saturated rings. The van der Waals surface area contributed by atoms with E-state index < -0.39 is 0 Å². The molecule has 1 rings (SSSR count).